The summed E-state index contributed by atoms with van der Waals surface area (Å²) in [5.41, 5.74) is 4.02. The van der Waals surface area contributed by atoms with E-state index in [4.69, 9.17) is 4.74 Å². The largest absolute Gasteiger partial charge is 0.497 e. The Morgan fingerprint density at radius 2 is 1.80 bits per heavy atom. The van der Waals surface area contributed by atoms with Crippen molar-refractivity contribution in [1.29, 1.82) is 0 Å². The molecule has 2 aromatic carbocycles. The van der Waals surface area contributed by atoms with Crippen LogP contribution in [-0.4, -0.2) is 61.4 Å². The predicted octanol–water partition coefficient (Wildman–Crippen LogP) is 3.11. The number of nitrogens with one attached hydrogen (secondary N) is 1. The Balaban J connectivity index is 1.47. The van der Waals surface area contributed by atoms with E-state index in [1.165, 1.54) is 0 Å². The maximum atomic E-state index is 12.5. The molecule has 0 saturated carbocycles. The molecule has 0 bridgehead atoms. The molecule has 1 aliphatic heterocycles. The van der Waals surface area contributed by atoms with Crippen LogP contribution in [-0.2, 0) is 9.59 Å². The minimum absolute atomic E-state index is 0.0164. The molecule has 0 atom stereocenters. The minimum Gasteiger partial charge on any atom is -0.497 e. The summed E-state index contributed by atoms with van der Waals surface area (Å²) in [6, 6.07) is 13.5. The average molecular weight is 408 g/mol. The van der Waals surface area contributed by atoms with Crippen LogP contribution in [0.25, 0.3) is 6.08 Å². The second-order valence-corrected chi connectivity index (χ2v) is 7.51. The van der Waals surface area contributed by atoms with Crippen LogP contribution in [0.5, 0.6) is 5.75 Å². The summed E-state index contributed by atoms with van der Waals surface area (Å²) >= 11 is 0. The number of benzene rings is 2. The number of nitrogens with zero attached hydrogens (tertiary/aromatic N) is 2. The zero-order valence-electron chi connectivity index (χ0n) is 17.9. The van der Waals surface area contributed by atoms with Crippen LogP contribution in [0.4, 0.5) is 5.69 Å². The molecule has 0 radical (unpaired) electrons. The first-order valence-electron chi connectivity index (χ1n) is 10.2. The Kier molecular flexibility index (Phi) is 7.25. The molecule has 2 amide bonds. The number of anilines is 1. The van der Waals surface area contributed by atoms with Crippen LogP contribution in [0.1, 0.15) is 16.7 Å². The normalized spacial score (nSPS) is 14.7. The van der Waals surface area contributed by atoms with Gasteiger partial charge in [-0.15, -0.1) is 0 Å². The highest BCUT2D eigenvalue weighted by molar-refractivity contribution is 5.93. The molecular weight excluding hydrogens is 378 g/mol. The summed E-state index contributed by atoms with van der Waals surface area (Å²) in [4.78, 5) is 28.8. The Hall–Kier alpha value is -3.12. The molecule has 30 heavy (non-hydrogen) atoms. The van der Waals surface area contributed by atoms with Gasteiger partial charge in [0.2, 0.25) is 11.8 Å². The second kappa shape index (κ2) is 10.1. The molecule has 0 unspecified atom stereocenters. The summed E-state index contributed by atoms with van der Waals surface area (Å²) < 4.78 is 5.20. The summed E-state index contributed by atoms with van der Waals surface area (Å²) in [7, 11) is 1.62. The van der Waals surface area contributed by atoms with Crippen molar-refractivity contribution in [2.45, 2.75) is 13.8 Å². The average Bonchev–Trinajstić information content (AvgIpc) is 2.76. The maximum absolute atomic E-state index is 12.5. The zero-order valence-corrected chi connectivity index (χ0v) is 17.9. The fraction of sp³-hybridized carbons (Fsp3) is 0.333. The number of ether oxygens (including phenoxy) is 1. The maximum Gasteiger partial charge on any atom is 0.246 e. The van der Waals surface area contributed by atoms with Gasteiger partial charge >= 0.3 is 0 Å². The van der Waals surface area contributed by atoms with Crippen molar-refractivity contribution in [3.8, 4) is 5.75 Å². The first-order valence-corrected chi connectivity index (χ1v) is 10.2. The summed E-state index contributed by atoms with van der Waals surface area (Å²) in [5.74, 6) is 0.719. The van der Waals surface area contributed by atoms with Crippen molar-refractivity contribution >= 4 is 23.6 Å². The highest BCUT2D eigenvalue weighted by atomic mass is 16.5. The van der Waals surface area contributed by atoms with Gasteiger partial charge in [0, 0.05) is 37.9 Å². The number of hydrogen-bond donors (Lipinski definition) is 1. The van der Waals surface area contributed by atoms with Gasteiger partial charge in [0.1, 0.15) is 5.75 Å². The Labute approximate surface area is 178 Å². The predicted molar refractivity (Wildman–Crippen MR) is 120 cm³/mol. The van der Waals surface area contributed by atoms with E-state index in [2.05, 4.69) is 10.2 Å². The molecule has 1 heterocycles. The summed E-state index contributed by atoms with van der Waals surface area (Å²) in [5, 5.41) is 3.00. The van der Waals surface area contributed by atoms with Crippen molar-refractivity contribution in [2.24, 2.45) is 0 Å². The van der Waals surface area contributed by atoms with E-state index in [9.17, 15) is 9.59 Å². The molecule has 0 aromatic heterocycles. The molecule has 1 saturated heterocycles. The van der Waals surface area contributed by atoms with E-state index in [0.29, 0.717) is 32.7 Å². The number of aryl methyl sites for hydroxylation is 1. The third-order valence-electron chi connectivity index (χ3n) is 5.44. The summed E-state index contributed by atoms with van der Waals surface area (Å²) in [6.07, 6.45) is 3.40. The molecule has 6 nitrogen and oxygen atoms in total. The fourth-order valence-electron chi connectivity index (χ4n) is 3.42. The molecule has 6 heteroatoms. The van der Waals surface area contributed by atoms with Gasteiger partial charge in [-0.3, -0.25) is 14.5 Å². The van der Waals surface area contributed by atoms with Gasteiger partial charge in [0.25, 0.3) is 0 Å². The van der Waals surface area contributed by atoms with Crippen LogP contribution in [0.2, 0.25) is 0 Å². The van der Waals surface area contributed by atoms with Crippen LogP contribution >= 0.6 is 0 Å². The van der Waals surface area contributed by atoms with Gasteiger partial charge in [0.05, 0.1) is 13.7 Å². The lowest BCUT2D eigenvalue weighted by Crippen LogP contribution is -2.50. The quantitative estimate of drug-likeness (QED) is 0.748. The Bertz CT molecular complexity index is 931. The first kappa shape index (κ1) is 21.6. The smallest absolute Gasteiger partial charge is 0.246 e. The third kappa shape index (κ3) is 5.70. The van der Waals surface area contributed by atoms with Crippen LogP contribution < -0.4 is 10.1 Å². The highest BCUT2D eigenvalue weighted by Crippen LogP contribution is 2.18. The summed E-state index contributed by atoms with van der Waals surface area (Å²) in [6.45, 7) is 6.95. The standard InChI is InChI=1S/C24H29N3O3/c1-18-6-4-9-22(19(18)2)25-23(28)17-26-12-14-27(15-13-26)24(29)11-10-20-7-5-8-21(16-20)30-3/h4-11,16H,12-15,17H2,1-3H3,(H,25,28)/b11-10+. The number of rotatable bonds is 6. The van der Waals surface area contributed by atoms with E-state index >= 15 is 0 Å². The van der Waals surface area contributed by atoms with E-state index in [1.54, 1.807) is 19.3 Å². The van der Waals surface area contributed by atoms with Gasteiger partial charge in [-0.05, 0) is 54.8 Å². The molecular formula is C24H29N3O3. The number of methoxy groups -OCH3 is 1. The molecule has 158 valence electrons. The lowest BCUT2D eigenvalue weighted by atomic mass is 10.1. The Morgan fingerprint density at radius 1 is 1.07 bits per heavy atom. The minimum atomic E-state index is -0.0265. The highest BCUT2D eigenvalue weighted by Gasteiger charge is 2.21. The molecule has 1 aliphatic rings. The SMILES string of the molecule is COc1cccc(/C=C/C(=O)N2CCN(CC(=O)Nc3cccc(C)c3C)CC2)c1. The number of carbonyl (C=O) groups excluding carboxylic acids is 2. The van der Waals surface area contributed by atoms with Gasteiger partial charge in [-0.25, -0.2) is 0 Å². The second-order valence-electron chi connectivity index (χ2n) is 7.51. The lowest BCUT2D eigenvalue weighted by Gasteiger charge is -2.33. The van der Waals surface area contributed by atoms with E-state index < -0.39 is 0 Å². The lowest BCUT2D eigenvalue weighted by molar-refractivity contribution is -0.127. The molecule has 1 fully saturated rings. The zero-order chi connectivity index (χ0) is 21.5. The van der Waals surface area contributed by atoms with E-state index in [1.807, 2.05) is 61.2 Å². The van der Waals surface area contributed by atoms with Crippen molar-refractivity contribution < 1.29 is 14.3 Å². The van der Waals surface area contributed by atoms with Crippen molar-refractivity contribution in [1.82, 2.24) is 9.80 Å². The monoisotopic (exact) mass is 407 g/mol. The topological polar surface area (TPSA) is 61.9 Å². The van der Waals surface area contributed by atoms with Crippen LogP contribution in [0, 0.1) is 13.8 Å². The molecule has 0 spiro atoms. The number of amides is 2. The van der Waals surface area contributed by atoms with Gasteiger partial charge < -0.3 is 15.0 Å². The van der Waals surface area contributed by atoms with Crippen molar-refractivity contribution in [3.05, 3.63) is 65.2 Å². The fourth-order valence-corrected chi connectivity index (χ4v) is 3.42. The van der Waals surface area contributed by atoms with Crippen LogP contribution in [0.3, 0.4) is 0 Å². The van der Waals surface area contributed by atoms with Gasteiger partial charge in [0.15, 0.2) is 0 Å². The molecule has 3 rings (SSSR count). The molecule has 1 N–H and O–H groups in total. The van der Waals surface area contributed by atoms with Crippen LogP contribution in [0.15, 0.2) is 48.5 Å². The number of carbonyl (C=O) groups is 2. The third-order valence-corrected chi connectivity index (χ3v) is 5.44. The number of piperazine rings is 1. The van der Waals surface area contributed by atoms with Crippen molar-refractivity contribution in [2.75, 3.05) is 45.2 Å². The number of hydrogen-bond acceptors (Lipinski definition) is 4. The van der Waals surface area contributed by atoms with Crippen molar-refractivity contribution in [3.63, 3.8) is 0 Å². The van der Waals surface area contributed by atoms with Gasteiger partial charge in [-0.1, -0.05) is 24.3 Å². The first-order chi connectivity index (χ1) is 14.5. The van der Waals surface area contributed by atoms with Gasteiger partial charge in [-0.2, -0.15) is 0 Å². The van der Waals surface area contributed by atoms with E-state index in [0.717, 1.165) is 28.1 Å². The molecule has 0 aliphatic carbocycles. The Morgan fingerprint density at radius 3 is 2.53 bits per heavy atom. The molecule has 2 aromatic rings. The van der Waals surface area contributed by atoms with E-state index in [-0.39, 0.29) is 11.8 Å².